The summed E-state index contributed by atoms with van der Waals surface area (Å²) in [6, 6.07) is 4.58. The minimum absolute atomic E-state index is 0.0688. The van der Waals surface area contributed by atoms with Crippen molar-refractivity contribution in [3.63, 3.8) is 0 Å². The average molecular weight is 311 g/mol. The minimum Gasteiger partial charge on any atom is -0.299 e. The maximum absolute atomic E-state index is 13.8. The second-order valence-corrected chi connectivity index (χ2v) is 7.67. The molecule has 0 unspecified atom stereocenters. The van der Waals surface area contributed by atoms with Crippen LogP contribution < -0.4 is 0 Å². The Hall–Kier alpha value is -0.890. The summed E-state index contributed by atoms with van der Waals surface area (Å²) in [5.74, 6) is 0.506. The van der Waals surface area contributed by atoms with E-state index < -0.39 is 0 Å². The van der Waals surface area contributed by atoms with Gasteiger partial charge in [-0.1, -0.05) is 38.4 Å². The van der Waals surface area contributed by atoms with Gasteiger partial charge in [-0.25, -0.2) is 4.39 Å². The van der Waals surface area contributed by atoms with Crippen molar-refractivity contribution >= 4 is 17.4 Å². The Morgan fingerprint density at radius 2 is 1.86 bits per heavy atom. The Balaban J connectivity index is 1.97. The summed E-state index contributed by atoms with van der Waals surface area (Å²) in [6.45, 7) is 6.79. The zero-order valence-corrected chi connectivity index (χ0v) is 13.8. The van der Waals surface area contributed by atoms with E-state index in [1.165, 1.54) is 6.07 Å². The lowest BCUT2D eigenvalue weighted by Crippen LogP contribution is -2.29. The van der Waals surface area contributed by atoms with Crippen LogP contribution in [0.4, 0.5) is 4.39 Å². The van der Waals surface area contributed by atoms with E-state index in [0.29, 0.717) is 21.9 Å². The molecule has 1 aromatic rings. The molecule has 0 heterocycles. The lowest BCUT2D eigenvalue weighted by Gasteiger charge is -2.36. The van der Waals surface area contributed by atoms with Gasteiger partial charge in [0.15, 0.2) is 0 Å². The van der Waals surface area contributed by atoms with Crippen LogP contribution in [0.25, 0.3) is 0 Å². The number of hydrogen-bond acceptors (Lipinski definition) is 1. The molecule has 0 N–H and O–H groups in total. The van der Waals surface area contributed by atoms with Crippen molar-refractivity contribution in [2.24, 2.45) is 17.3 Å². The van der Waals surface area contributed by atoms with Crippen molar-refractivity contribution in [3.05, 3.63) is 34.6 Å². The number of Topliss-reactive ketones (excluding diaryl/α,β-unsaturated/α-hetero) is 1. The third-order valence-electron chi connectivity index (χ3n) is 4.82. The Kier molecular flexibility index (Phi) is 5.08. The molecule has 1 aromatic carbocycles. The van der Waals surface area contributed by atoms with Crippen molar-refractivity contribution in [3.8, 4) is 0 Å². The van der Waals surface area contributed by atoms with Crippen molar-refractivity contribution in [1.29, 1.82) is 0 Å². The molecule has 1 aliphatic rings. The van der Waals surface area contributed by atoms with Crippen LogP contribution >= 0.6 is 11.6 Å². The molecule has 1 nitrogen and oxygen atoms in total. The molecule has 1 aliphatic carbocycles. The van der Waals surface area contributed by atoms with Gasteiger partial charge in [0.25, 0.3) is 0 Å². The summed E-state index contributed by atoms with van der Waals surface area (Å²) >= 11 is 6.00. The molecule has 2 rings (SSSR count). The van der Waals surface area contributed by atoms with Gasteiger partial charge in [0.05, 0.1) is 0 Å². The second kappa shape index (κ2) is 6.48. The summed E-state index contributed by atoms with van der Waals surface area (Å²) in [4.78, 5) is 12.4. The Morgan fingerprint density at radius 3 is 2.38 bits per heavy atom. The first-order chi connectivity index (χ1) is 9.79. The van der Waals surface area contributed by atoms with Gasteiger partial charge in [-0.05, 0) is 49.1 Å². The van der Waals surface area contributed by atoms with E-state index >= 15 is 0 Å². The summed E-state index contributed by atoms with van der Waals surface area (Å²) < 4.78 is 13.8. The molecule has 0 saturated heterocycles. The van der Waals surface area contributed by atoms with Crippen LogP contribution in [0.2, 0.25) is 5.02 Å². The number of carbonyl (C=O) groups is 1. The van der Waals surface area contributed by atoms with Gasteiger partial charge in [-0.3, -0.25) is 4.79 Å². The Labute approximate surface area is 131 Å². The normalized spacial score (nSPS) is 23.1. The topological polar surface area (TPSA) is 17.1 Å². The molecular weight excluding hydrogens is 287 g/mol. The zero-order valence-electron chi connectivity index (χ0n) is 13.1. The quantitative estimate of drug-likeness (QED) is 0.726. The Bertz CT molecular complexity index is 490. The van der Waals surface area contributed by atoms with E-state index in [0.717, 1.165) is 25.7 Å². The fourth-order valence-electron chi connectivity index (χ4n) is 3.30. The predicted octanol–water partition coefficient (Wildman–Crippen LogP) is 5.44. The lowest BCUT2D eigenvalue weighted by atomic mass is 9.69. The number of halogens is 2. The molecule has 3 heteroatoms. The molecule has 0 amide bonds. The summed E-state index contributed by atoms with van der Waals surface area (Å²) in [7, 11) is 0. The number of rotatable bonds is 3. The Morgan fingerprint density at radius 1 is 1.24 bits per heavy atom. The largest absolute Gasteiger partial charge is 0.299 e. The molecule has 21 heavy (non-hydrogen) atoms. The van der Waals surface area contributed by atoms with Gasteiger partial charge >= 0.3 is 0 Å². The number of hydrogen-bond donors (Lipinski definition) is 0. The molecule has 0 spiro atoms. The van der Waals surface area contributed by atoms with E-state index in [9.17, 15) is 9.18 Å². The van der Waals surface area contributed by atoms with Gasteiger partial charge in [-0.15, -0.1) is 0 Å². The average Bonchev–Trinajstić information content (AvgIpc) is 2.42. The van der Waals surface area contributed by atoms with Crippen LogP contribution in [0.3, 0.4) is 0 Å². The van der Waals surface area contributed by atoms with Crippen LogP contribution in [-0.2, 0) is 11.2 Å². The molecule has 0 radical (unpaired) electrons. The van der Waals surface area contributed by atoms with E-state index in [4.69, 9.17) is 11.6 Å². The first-order valence-electron chi connectivity index (χ1n) is 7.74. The molecule has 0 aromatic heterocycles. The van der Waals surface area contributed by atoms with Crippen molar-refractivity contribution in [2.45, 2.75) is 52.9 Å². The van der Waals surface area contributed by atoms with Crippen LogP contribution in [0.1, 0.15) is 52.0 Å². The maximum atomic E-state index is 13.8. The molecule has 1 fully saturated rings. The van der Waals surface area contributed by atoms with E-state index in [-0.39, 0.29) is 23.9 Å². The van der Waals surface area contributed by atoms with E-state index in [1.54, 1.807) is 12.1 Å². The first-order valence-corrected chi connectivity index (χ1v) is 8.12. The highest BCUT2D eigenvalue weighted by Crippen LogP contribution is 2.40. The maximum Gasteiger partial charge on any atom is 0.140 e. The van der Waals surface area contributed by atoms with Crippen LogP contribution in [0, 0.1) is 23.1 Å². The van der Waals surface area contributed by atoms with Crippen LogP contribution in [0.15, 0.2) is 18.2 Å². The van der Waals surface area contributed by atoms with Gasteiger partial charge in [-0.2, -0.15) is 0 Å². The molecule has 116 valence electrons. The zero-order chi connectivity index (χ0) is 15.6. The first kappa shape index (κ1) is 16.5. The van der Waals surface area contributed by atoms with Gasteiger partial charge < -0.3 is 0 Å². The van der Waals surface area contributed by atoms with Crippen molar-refractivity contribution < 1.29 is 9.18 Å². The van der Waals surface area contributed by atoms with Gasteiger partial charge in [0, 0.05) is 22.9 Å². The SMILES string of the molecule is CC(C)(C)C1CCC(C(=O)Cc2c(F)cccc2Cl)CC1. The minimum atomic E-state index is -0.376. The van der Waals surface area contributed by atoms with Gasteiger partial charge in [0.2, 0.25) is 0 Å². The smallest absolute Gasteiger partial charge is 0.140 e. The fourth-order valence-corrected chi connectivity index (χ4v) is 3.53. The van der Waals surface area contributed by atoms with Crippen LogP contribution in [-0.4, -0.2) is 5.78 Å². The lowest BCUT2D eigenvalue weighted by molar-refractivity contribution is -0.123. The molecule has 1 saturated carbocycles. The summed E-state index contributed by atoms with van der Waals surface area (Å²) in [6.07, 6.45) is 4.14. The van der Waals surface area contributed by atoms with Gasteiger partial charge in [0.1, 0.15) is 11.6 Å². The highest BCUT2D eigenvalue weighted by molar-refractivity contribution is 6.31. The molecule has 0 bridgehead atoms. The number of ketones is 1. The molecule has 0 atom stereocenters. The van der Waals surface area contributed by atoms with Crippen molar-refractivity contribution in [1.82, 2.24) is 0 Å². The molecular formula is C18H24ClFO. The standard InChI is InChI=1S/C18H24ClFO/c1-18(2,3)13-9-7-12(8-10-13)17(21)11-14-15(19)5-4-6-16(14)20/h4-6,12-13H,7-11H2,1-3H3. The fraction of sp³-hybridized carbons (Fsp3) is 0.611. The predicted molar refractivity (Wildman–Crippen MR) is 85.0 cm³/mol. The highest BCUT2D eigenvalue weighted by Gasteiger charge is 2.32. The van der Waals surface area contributed by atoms with Crippen LogP contribution in [0.5, 0.6) is 0 Å². The monoisotopic (exact) mass is 310 g/mol. The van der Waals surface area contributed by atoms with Crippen molar-refractivity contribution in [2.75, 3.05) is 0 Å². The second-order valence-electron chi connectivity index (χ2n) is 7.26. The molecule has 0 aliphatic heterocycles. The summed E-state index contributed by atoms with van der Waals surface area (Å²) in [5.41, 5.74) is 0.658. The highest BCUT2D eigenvalue weighted by atomic mass is 35.5. The summed E-state index contributed by atoms with van der Waals surface area (Å²) in [5, 5.41) is 0.353. The number of benzene rings is 1. The number of carbonyl (C=O) groups excluding carboxylic acids is 1. The van der Waals surface area contributed by atoms with E-state index in [1.807, 2.05) is 0 Å². The third kappa shape index (κ3) is 4.06. The third-order valence-corrected chi connectivity index (χ3v) is 5.17. The van der Waals surface area contributed by atoms with E-state index in [2.05, 4.69) is 20.8 Å².